The minimum atomic E-state index is -0.387. The molecular weight excluding hydrogens is 216 g/mol. The maximum absolute atomic E-state index is 10.7. The van der Waals surface area contributed by atoms with E-state index in [9.17, 15) is 4.79 Å². The summed E-state index contributed by atoms with van der Waals surface area (Å²) in [6.45, 7) is 1.64. The first-order valence-corrected chi connectivity index (χ1v) is 4.86. The lowest BCUT2D eigenvalue weighted by Crippen LogP contribution is -2.21. The summed E-state index contributed by atoms with van der Waals surface area (Å²) in [7, 11) is 0. The molecule has 0 fully saturated rings. The number of benzene rings is 1. The molecule has 0 aliphatic heterocycles. The van der Waals surface area contributed by atoms with Crippen LogP contribution in [0.1, 0.15) is 18.5 Å². The van der Waals surface area contributed by atoms with Crippen LogP contribution in [0.5, 0.6) is 5.75 Å². The fourth-order valence-electron chi connectivity index (χ4n) is 1.16. The van der Waals surface area contributed by atoms with E-state index in [0.29, 0.717) is 17.3 Å². The van der Waals surface area contributed by atoms with Gasteiger partial charge in [0, 0.05) is 24.5 Å². The van der Waals surface area contributed by atoms with Gasteiger partial charge in [0.15, 0.2) is 0 Å². The lowest BCUT2D eigenvalue weighted by molar-refractivity contribution is -0.131. The molecule has 0 bridgehead atoms. The monoisotopic (exact) mass is 228 g/mol. The van der Waals surface area contributed by atoms with Crippen LogP contribution in [0.3, 0.4) is 0 Å². The minimum Gasteiger partial charge on any atom is -0.427 e. The van der Waals surface area contributed by atoms with Crippen LogP contribution in [0, 0.1) is 0 Å². The second-order valence-electron chi connectivity index (χ2n) is 3.12. The van der Waals surface area contributed by atoms with E-state index >= 15 is 0 Å². The summed E-state index contributed by atoms with van der Waals surface area (Å²) in [5, 5.41) is 0.451. The molecule has 4 nitrogen and oxygen atoms in total. The van der Waals surface area contributed by atoms with E-state index < -0.39 is 0 Å². The van der Waals surface area contributed by atoms with Crippen molar-refractivity contribution in [2.75, 3.05) is 6.54 Å². The molecule has 1 atom stereocenters. The molecule has 82 valence electrons. The van der Waals surface area contributed by atoms with Crippen LogP contribution in [0.4, 0.5) is 0 Å². The average molecular weight is 229 g/mol. The van der Waals surface area contributed by atoms with Crippen LogP contribution >= 0.6 is 11.6 Å². The lowest BCUT2D eigenvalue weighted by Gasteiger charge is -2.12. The van der Waals surface area contributed by atoms with Crippen LogP contribution in [0.25, 0.3) is 0 Å². The molecular formula is C10H13ClN2O2. The van der Waals surface area contributed by atoms with Crippen molar-refractivity contribution in [1.29, 1.82) is 0 Å². The average Bonchev–Trinajstić information content (AvgIpc) is 2.16. The first kappa shape index (κ1) is 12.0. The van der Waals surface area contributed by atoms with Gasteiger partial charge in [-0.3, -0.25) is 4.79 Å². The second kappa shape index (κ2) is 5.11. The van der Waals surface area contributed by atoms with Gasteiger partial charge in [-0.1, -0.05) is 17.7 Å². The summed E-state index contributed by atoms with van der Waals surface area (Å²) in [5.41, 5.74) is 11.9. The Bertz CT molecular complexity index is 368. The zero-order chi connectivity index (χ0) is 11.4. The van der Waals surface area contributed by atoms with Gasteiger partial charge in [-0.25, -0.2) is 0 Å². The van der Waals surface area contributed by atoms with E-state index in [-0.39, 0.29) is 12.0 Å². The summed E-state index contributed by atoms with van der Waals surface area (Å²) >= 11 is 5.96. The largest absolute Gasteiger partial charge is 0.427 e. The standard InChI is InChI=1S/C10H13ClN2O2/c1-6(14)15-7-2-3-8(9(11)4-7)10(13)5-12/h2-4,10H,5,12-13H2,1H3/t10-/m0/s1. The van der Waals surface area contributed by atoms with Gasteiger partial charge in [0.05, 0.1) is 0 Å². The van der Waals surface area contributed by atoms with Gasteiger partial charge in [0.25, 0.3) is 0 Å². The van der Waals surface area contributed by atoms with Crippen molar-refractivity contribution in [2.45, 2.75) is 13.0 Å². The Morgan fingerprint density at radius 1 is 1.60 bits per heavy atom. The normalized spacial score (nSPS) is 12.3. The van der Waals surface area contributed by atoms with Gasteiger partial charge in [-0.2, -0.15) is 0 Å². The van der Waals surface area contributed by atoms with Gasteiger partial charge < -0.3 is 16.2 Å². The Balaban J connectivity index is 2.92. The predicted octanol–water partition coefficient (Wildman–Crippen LogP) is 1.22. The molecule has 0 heterocycles. The third-order valence-corrected chi connectivity index (χ3v) is 2.21. The van der Waals surface area contributed by atoms with Crippen molar-refractivity contribution in [3.05, 3.63) is 28.8 Å². The van der Waals surface area contributed by atoms with E-state index in [0.717, 1.165) is 5.56 Å². The minimum absolute atomic E-state index is 0.302. The number of hydrogen-bond acceptors (Lipinski definition) is 4. The molecule has 0 aliphatic rings. The molecule has 15 heavy (non-hydrogen) atoms. The van der Waals surface area contributed by atoms with Crippen molar-refractivity contribution in [3.8, 4) is 5.75 Å². The third kappa shape index (κ3) is 3.20. The van der Waals surface area contributed by atoms with Crippen molar-refractivity contribution < 1.29 is 9.53 Å². The summed E-state index contributed by atoms with van der Waals surface area (Å²) < 4.78 is 4.87. The predicted molar refractivity (Wildman–Crippen MR) is 58.7 cm³/mol. The molecule has 4 N–H and O–H groups in total. The van der Waals surface area contributed by atoms with Crippen LogP contribution in [0.2, 0.25) is 5.02 Å². The van der Waals surface area contributed by atoms with E-state index in [4.69, 9.17) is 27.8 Å². The lowest BCUT2D eigenvalue weighted by atomic mass is 10.1. The Labute approximate surface area is 93.1 Å². The van der Waals surface area contributed by atoms with Gasteiger partial charge in [-0.15, -0.1) is 0 Å². The molecule has 0 spiro atoms. The molecule has 0 aliphatic carbocycles. The highest BCUT2D eigenvalue weighted by atomic mass is 35.5. The smallest absolute Gasteiger partial charge is 0.308 e. The Morgan fingerprint density at radius 2 is 2.27 bits per heavy atom. The molecule has 0 saturated carbocycles. The number of esters is 1. The number of rotatable bonds is 3. The summed E-state index contributed by atoms with van der Waals surface area (Å²) in [4.78, 5) is 10.7. The van der Waals surface area contributed by atoms with Crippen molar-refractivity contribution in [3.63, 3.8) is 0 Å². The molecule has 1 aromatic rings. The SMILES string of the molecule is CC(=O)Oc1ccc([C@@H](N)CN)c(Cl)c1. The first-order chi connectivity index (χ1) is 7.04. The van der Waals surface area contributed by atoms with Crippen molar-refractivity contribution in [1.82, 2.24) is 0 Å². The van der Waals surface area contributed by atoms with Gasteiger partial charge >= 0.3 is 5.97 Å². The molecule has 0 saturated heterocycles. The number of ether oxygens (including phenoxy) is 1. The van der Waals surface area contributed by atoms with Crippen molar-refractivity contribution >= 4 is 17.6 Å². The molecule has 5 heteroatoms. The molecule has 0 unspecified atom stereocenters. The van der Waals surface area contributed by atoms with Crippen LogP contribution in [-0.2, 0) is 4.79 Å². The van der Waals surface area contributed by atoms with E-state index in [1.165, 1.54) is 6.92 Å². The highest BCUT2D eigenvalue weighted by Crippen LogP contribution is 2.26. The summed E-state index contributed by atoms with van der Waals surface area (Å²) in [6, 6.07) is 4.59. The number of carbonyl (C=O) groups excluding carboxylic acids is 1. The van der Waals surface area contributed by atoms with Gasteiger partial charge in [0.1, 0.15) is 5.75 Å². The second-order valence-corrected chi connectivity index (χ2v) is 3.53. The molecule has 0 radical (unpaired) electrons. The van der Waals surface area contributed by atoms with E-state index in [1.807, 2.05) is 0 Å². The fraction of sp³-hybridized carbons (Fsp3) is 0.300. The van der Waals surface area contributed by atoms with Crippen LogP contribution in [0.15, 0.2) is 18.2 Å². The maximum atomic E-state index is 10.7. The van der Waals surface area contributed by atoms with Crippen molar-refractivity contribution in [2.24, 2.45) is 11.5 Å². The quantitative estimate of drug-likeness (QED) is 0.602. The van der Waals surface area contributed by atoms with E-state index in [1.54, 1.807) is 18.2 Å². The zero-order valence-electron chi connectivity index (χ0n) is 8.37. The van der Waals surface area contributed by atoms with Crippen LogP contribution in [-0.4, -0.2) is 12.5 Å². The third-order valence-electron chi connectivity index (χ3n) is 1.89. The zero-order valence-corrected chi connectivity index (χ0v) is 9.12. The van der Waals surface area contributed by atoms with Gasteiger partial charge in [-0.05, 0) is 17.7 Å². The molecule has 1 rings (SSSR count). The summed E-state index contributed by atoms with van der Waals surface area (Å²) in [6.07, 6.45) is 0. The Hall–Kier alpha value is -1.10. The van der Waals surface area contributed by atoms with E-state index in [2.05, 4.69) is 0 Å². The van der Waals surface area contributed by atoms with Gasteiger partial charge in [0.2, 0.25) is 0 Å². The highest BCUT2D eigenvalue weighted by molar-refractivity contribution is 6.31. The fourth-order valence-corrected chi connectivity index (χ4v) is 1.48. The molecule has 0 amide bonds. The van der Waals surface area contributed by atoms with Crippen LogP contribution < -0.4 is 16.2 Å². The number of nitrogens with two attached hydrogens (primary N) is 2. The Kier molecular flexibility index (Phi) is 4.08. The first-order valence-electron chi connectivity index (χ1n) is 4.48. The molecule has 0 aromatic heterocycles. The summed E-state index contributed by atoms with van der Waals surface area (Å²) in [5.74, 6) is 0.0161. The number of hydrogen-bond donors (Lipinski definition) is 2. The number of halogens is 1. The maximum Gasteiger partial charge on any atom is 0.308 e. The topological polar surface area (TPSA) is 78.3 Å². The Morgan fingerprint density at radius 3 is 2.73 bits per heavy atom. The number of carbonyl (C=O) groups is 1. The molecule has 1 aromatic carbocycles. The highest BCUT2D eigenvalue weighted by Gasteiger charge is 2.09.